The van der Waals surface area contributed by atoms with Gasteiger partial charge in [0.05, 0.1) is 26.4 Å². The van der Waals surface area contributed by atoms with Crippen molar-refractivity contribution in [3.8, 4) is 92.0 Å². The number of ether oxygens (including phenoxy) is 8. The summed E-state index contributed by atoms with van der Waals surface area (Å²) in [7, 11) is 0. The Morgan fingerprint density at radius 3 is 0.860 bits per heavy atom. The number of thiophene rings is 4. The highest BCUT2D eigenvalue weighted by Crippen LogP contribution is 2.49. The Morgan fingerprint density at radius 1 is 0.294 bits per heavy atom. The second-order valence-electron chi connectivity index (χ2n) is 31.8. The van der Waals surface area contributed by atoms with Crippen LogP contribution < -0.4 is 59.2 Å². The number of ketones is 4. The minimum atomic E-state index is -0.476. The number of benzene rings is 12. The van der Waals surface area contributed by atoms with Crippen LogP contribution in [0.1, 0.15) is 142 Å². The summed E-state index contributed by atoms with van der Waals surface area (Å²) >= 11 is 11.2. The van der Waals surface area contributed by atoms with Crippen molar-refractivity contribution < 1.29 is 86.3 Å². The van der Waals surface area contributed by atoms with Crippen LogP contribution in [0.5, 0.6) is 92.0 Å². The van der Waals surface area contributed by atoms with E-state index in [0.717, 1.165) is 148 Å². The van der Waals surface area contributed by atoms with Crippen LogP contribution in [0.25, 0.3) is 40.3 Å². The van der Waals surface area contributed by atoms with Gasteiger partial charge in [0.15, 0.2) is 23.0 Å². The molecule has 8 N–H and O–H groups in total. The molecule has 0 unspecified atom stereocenters. The van der Waals surface area contributed by atoms with Gasteiger partial charge in [0.2, 0.25) is 23.1 Å². The van der Waals surface area contributed by atoms with Gasteiger partial charge in [-0.15, -0.1) is 45.3 Å². The summed E-state index contributed by atoms with van der Waals surface area (Å²) in [6.07, 6.45) is 3.68. The first-order chi connectivity index (χ1) is 65.8. The fourth-order valence-corrected chi connectivity index (χ4v) is 19.2. The smallest absolute Gasteiger partial charge is 0.207 e. The van der Waals surface area contributed by atoms with E-state index < -0.39 is 11.6 Å². The number of aryl methyl sites for hydroxylation is 5. The predicted molar refractivity (Wildman–Crippen MR) is 543 cm³/mol. The van der Waals surface area contributed by atoms with Gasteiger partial charge in [0.25, 0.3) is 0 Å². The molecule has 0 aliphatic heterocycles. The van der Waals surface area contributed by atoms with Gasteiger partial charge in [-0.1, -0.05) is 75.2 Å². The summed E-state index contributed by atoms with van der Waals surface area (Å²) in [5, 5.41) is 56.3. The van der Waals surface area contributed by atoms with Gasteiger partial charge in [-0.3, -0.25) is 19.2 Å². The summed E-state index contributed by atoms with van der Waals surface area (Å²) in [5.41, 5.74) is 5.94. The number of phenolic OH excluding ortho intramolecular Hbond substituents is 4. The van der Waals surface area contributed by atoms with Crippen LogP contribution >= 0.6 is 56.9 Å². The van der Waals surface area contributed by atoms with Gasteiger partial charge < -0.3 is 79.6 Å². The molecule has 0 atom stereocenters. The topological polar surface area (TPSA) is 271 Å². The second kappa shape index (κ2) is 48.8. The van der Waals surface area contributed by atoms with E-state index in [1.165, 1.54) is 75.7 Å². The number of rotatable bonds is 40. The maximum absolute atomic E-state index is 13.9. The highest BCUT2D eigenvalue weighted by molar-refractivity contribution is 7.22. The second-order valence-corrected chi connectivity index (χ2v) is 36.4. The Kier molecular flexibility index (Phi) is 35.9. The fourth-order valence-electron chi connectivity index (χ4n) is 14.5. The van der Waals surface area contributed by atoms with Gasteiger partial charge in [-0.05, 0) is 347 Å². The Morgan fingerprint density at radius 2 is 0.559 bits per heavy atom. The maximum atomic E-state index is 13.9. The molecule has 0 radical (unpaired) electrons. The van der Waals surface area contributed by atoms with Crippen molar-refractivity contribution in [1.82, 2.24) is 21.3 Å². The van der Waals surface area contributed by atoms with E-state index in [1.54, 1.807) is 129 Å². The third kappa shape index (κ3) is 26.7. The van der Waals surface area contributed by atoms with Crippen LogP contribution in [0.3, 0.4) is 0 Å². The van der Waals surface area contributed by atoms with E-state index in [2.05, 4.69) is 49.0 Å². The average molecular weight is 1930 g/mol. The zero-order chi connectivity index (χ0) is 96.3. The number of fused-ring (bicyclic) bond motifs is 4. The molecule has 16 aromatic rings. The molecule has 4 aromatic heterocycles. The average Bonchev–Trinajstić information content (AvgIpc) is 1.64. The highest BCUT2D eigenvalue weighted by Gasteiger charge is 2.30. The molecule has 16 rings (SSSR count). The number of hydrogen-bond donors (Lipinski definition) is 8. The monoisotopic (exact) mass is 1930 g/mol. The van der Waals surface area contributed by atoms with Crippen LogP contribution in [-0.2, 0) is 0 Å². The first-order valence-electron chi connectivity index (χ1n) is 44.9. The Hall–Kier alpha value is -13.3. The third-order valence-corrected chi connectivity index (χ3v) is 26.3. The molecule has 0 saturated carbocycles. The van der Waals surface area contributed by atoms with Crippen LogP contribution in [0.4, 0.5) is 8.78 Å². The number of halogens is 3. The van der Waals surface area contributed by atoms with Crippen molar-refractivity contribution in [1.29, 1.82) is 0 Å². The first-order valence-corrected chi connectivity index (χ1v) is 48.5. The summed E-state index contributed by atoms with van der Waals surface area (Å²) in [6.45, 7) is 27.5. The standard InChI is InChI=1S/C28H29NO4S.C27H26ClNO4S.2C27H26FNO4S/c1-4-29-14-5-15-32-21-8-10-22(11-9-21)33-27-24-13-7-20(30)17-25(24)34-28(27)26(31)23-12-6-18(2)16-19(23)3;1-3-29-13-4-14-32-20-8-10-21(11-9-20)33-26-22-12-7-19(30)16-24(22)34-27(26)25(31)23-15-18(28)6-5-17(23)2;1-3-29-13-4-14-32-20-7-9-21(10-8-20)33-26-23-12-6-19(30)16-24(23)34-27(26)25(31)22-11-5-18(28)15-17(22)2;1-3-29-13-4-14-32-20-8-10-21(11-9-20)33-26-22-12-7-19(30)16-24(22)34-27(26)25(31)23-15-18(28)6-5-17(23)2/h6-13,16-17,29-30H,4-5,14-15H2,1-3H3;3*5-12,15-16,29-30H,3-4,13-14H2,1-2H3. The van der Waals surface area contributed by atoms with Crippen molar-refractivity contribution in [2.24, 2.45) is 0 Å². The lowest BCUT2D eigenvalue weighted by atomic mass is 10.0. The molecule has 12 aromatic carbocycles. The van der Waals surface area contributed by atoms with Gasteiger partial charge >= 0.3 is 0 Å². The molecule has 0 saturated heterocycles. The minimum Gasteiger partial charge on any atom is -0.508 e. The zero-order valence-corrected chi connectivity index (χ0v) is 80.9. The highest BCUT2D eigenvalue weighted by atomic mass is 35.5. The third-order valence-electron chi connectivity index (χ3n) is 21.5. The summed E-state index contributed by atoms with van der Waals surface area (Å²) in [5.74, 6) is 5.83. The number of aromatic hydroxyl groups is 4. The lowest BCUT2D eigenvalue weighted by molar-refractivity contribution is 0.103. The van der Waals surface area contributed by atoms with Crippen molar-refractivity contribution in [3.05, 3.63) is 329 Å². The van der Waals surface area contributed by atoms with E-state index in [1.807, 2.05) is 118 Å². The lowest BCUT2D eigenvalue weighted by Crippen LogP contribution is -2.16. The molecule has 0 aliphatic carbocycles. The molecule has 136 heavy (non-hydrogen) atoms. The van der Waals surface area contributed by atoms with Crippen molar-refractivity contribution >= 4 is 120 Å². The molecule has 27 heteroatoms. The molecule has 4 heterocycles. The number of phenols is 4. The van der Waals surface area contributed by atoms with Crippen molar-refractivity contribution in [2.45, 2.75) is 88.0 Å². The van der Waals surface area contributed by atoms with E-state index in [4.69, 9.17) is 49.5 Å². The normalized spacial score (nSPS) is 11.0. The molecule has 0 amide bonds. The van der Waals surface area contributed by atoms with Crippen molar-refractivity contribution in [3.63, 3.8) is 0 Å². The molecule has 0 fully saturated rings. The number of carbonyl (C=O) groups is 4. The molecule has 704 valence electrons. The van der Waals surface area contributed by atoms with E-state index in [0.29, 0.717) is 135 Å². The summed E-state index contributed by atoms with van der Waals surface area (Å²) in [6, 6.07) is 68.3. The Bertz CT molecular complexity index is 6420. The molecule has 0 aliphatic rings. The Balaban J connectivity index is 0.000000153. The molecule has 20 nitrogen and oxygen atoms in total. The molecule has 0 spiro atoms. The number of hydrogen-bond acceptors (Lipinski definition) is 24. The Labute approximate surface area is 810 Å². The van der Waals surface area contributed by atoms with Crippen LogP contribution in [0.2, 0.25) is 5.02 Å². The SMILES string of the molecule is CCNCCCOc1ccc(Oc2c(C(=O)c3cc(Cl)ccc3C)sc3cc(O)ccc23)cc1.CCNCCCOc1ccc(Oc2c(C(=O)c3cc(F)ccc3C)sc3cc(O)ccc23)cc1.CCNCCCOc1ccc(Oc2c(C(=O)c3ccc(C)cc3C)sc3cc(O)ccc23)cc1.CCNCCCOc1ccc(Oc2c(C(=O)c3ccc(F)cc3C)sc3cc(O)ccc23)cc1. The lowest BCUT2D eigenvalue weighted by Gasteiger charge is -2.11. The number of nitrogens with one attached hydrogen (secondary N) is 4. The largest absolute Gasteiger partial charge is 0.508 e. The van der Waals surface area contributed by atoms with Crippen LogP contribution in [-0.4, -0.2) is 122 Å². The van der Waals surface area contributed by atoms with Crippen LogP contribution in [0.15, 0.2) is 243 Å². The zero-order valence-electron chi connectivity index (χ0n) is 76.9. The molecular formula is C109H107ClF2N4O16S4. The maximum Gasteiger partial charge on any atom is 0.207 e. The summed E-state index contributed by atoms with van der Waals surface area (Å²) in [4.78, 5) is 55.6. The van der Waals surface area contributed by atoms with Gasteiger partial charge in [0, 0.05) is 67.6 Å². The minimum absolute atomic E-state index is 0.0890. The molecule has 0 bridgehead atoms. The van der Waals surface area contributed by atoms with Gasteiger partial charge in [0.1, 0.15) is 100 Å². The van der Waals surface area contributed by atoms with E-state index >= 15 is 0 Å². The predicted octanol–water partition coefficient (Wildman–Crippen LogP) is 26.5. The first kappa shape index (κ1) is 100. The van der Waals surface area contributed by atoms with E-state index in [-0.39, 0.29) is 51.7 Å². The number of carbonyl (C=O) groups excluding carboxylic acids is 4. The van der Waals surface area contributed by atoms with E-state index in [9.17, 15) is 48.4 Å². The quantitative estimate of drug-likeness (QED) is 0.0131. The van der Waals surface area contributed by atoms with Crippen LogP contribution in [0, 0.1) is 46.3 Å². The van der Waals surface area contributed by atoms with Crippen molar-refractivity contribution in [2.75, 3.05) is 78.8 Å². The molecular weight excluding hydrogens is 1820 g/mol. The van der Waals surface area contributed by atoms with Gasteiger partial charge in [-0.25, -0.2) is 8.78 Å². The summed E-state index contributed by atoms with van der Waals surface area (Å²) < 4.78 is 78.4. The van der Waals surface area contributed by atoms with Gasteiger partial charge in [-0.2, -0.15) is 0 Å². The fraction of sp³-hybridized carbons (Fsp3) is 0.229.